The number of allylic oxidation sites excluding steroid dienone is 1. The Morgan fingerprint density at radius 1 is 1.05 bits per heavy atom. The summed E-state index contributed by atoms with van der Waals surface area (Å²) in [5.41, 5.74) is 1.06. The average Bonchev–Trinajstić information content (AvgIpc) is 3.51. The van der Waals surface area contributed by atoms with Crippen LogP contribution < -0.4 is 25.7 Å². The van der Waals surface area contributed by atoms with Gasteiger partial charge in [0, 0.05) is 30.0 Å². The van der Waals surface area contributed by atoms with E-state index in [9.17, 15) is 32.4 Å². The van der Waals surface area contributed by atoms with Gasteiger partial charge in [-0.2, -0.15) is 0 Å². The minimum atomic E-state index is -3.85. The Kier molecular flexibility index (Phi) is 13.8. The van der Waals surface area contributed by atoms with Gasteiger partial charge in [0.1, 0.15) is 30.0 Å². The van der Waals surface area contributed by atoms with Crippen molar-refractivity contribution in [2.75, 3.05) is 26.9 Å². The Bertz CT molecular complexity index is 2010. The first kappa shape index (κ1) is 41.9. The molecule has 2 unspecified atom stereocenters. The first-order valence-corrected chi connectivity index (χ1v) is 21.6. The number of pyridine rings is 1. The van der Waals surface area contributed by atoms with E-state index in [4.69, 9.17) is 14.2 Å². The number of carbonyl (C=O) groups excluding carboxylic acids is 4. The zero-order chi connectivity index (χ0) is 40.7. The lowest BCUT2D eigenvalue weighted by atomic mass is 9.96. The molecule has 6 atom stereocenters. The molecule has 15 nitrogen and oxygen atoms in total. The summed E-state index contributed by atoms with van der Waals surface area (Å²) in [6.45, 7) is 6.33. The van der Waals surface area contributed by atoms with E-state index in [0.29, 0.717) is 55.5 Å². The van der Waals surface area contributed by atoms with Crippen molar-refractivity contribution in [1.82, 2.24) is 25.2 Å². The summed E-state index contributed by atoms with van der Waals surface area (Å²) in [5.74, 6) is -1.92. The monoisotopic (exact) mass is 809 g/mol. The molecule has 2 aromatic rings. The van der Waals surface area contributed by atoms with E-state index in [1.807, 2.05) is 30.4 Å². The Morgan fingerprint density at radius 2 is 1.82 bits per heavy atom. The Hall–Kier alpha value is -4.70. The third kappa shape index (κ3) is 10.4. The van der Waals surface area contributed by atoms with Crippen molar-refractivity contribution in [3.05, 3.63) is 58.9 Å². The highest BCUT2D eigenvalue weighted by atomic mass is 32.2. The molecule has 1 aromatic heterocycles. The molecule has 16 heteroatoms. The highest BCUT2D eigenvalue weighted by molar-refractivity contribution is 7.90. The molecule has 2 aliphatic carbocycles. The van der Waals surface area contributed by atoms with Crippen molar-refractivity contribution >= 4 is 50.8 Å². The van der Waals surface area contributed by atoms with Crippen molar-refractivity contribution in [2.45, 2.75) is 107 Å². The van der Waals surface area contributed by atoms with E-state index in [2.05, 4.69) is 26.9 Å². The lowest BCUT2D eigenvalue weighted by Gasteiger charge is -2.32. The third-order valence-electron chi connectivity index (χ3n) is 11.7. The molecule has 4 amide bonds. The van der Waals surface area contributed by atoms with Crippen molar-refractivity contribution in [3.63, 3.8) is 0 Å². The maximum absolute atomic E-state index is 14.2. The van der Waals surface area contributed by atoms with Crippen LogP contribution in [0.4, 0.5) is 4.79 Å². The molecule has 0 spiro atoms. The van der Waals surface area contributed by atoms with Gasteiger partial charge in [-0.1, -0.05) is 38.0 Å². The quantitative estimate of drug-likeness (QED) is 0.134. The lowest BCUT2D eigenvalue weighted by Crippen LogP contribution is -2.59. The number of alkyl carbamates (subject to hydrolysis) is 1. The molecular formula is C41H55N5O10S. The smallest absolute Gasteiger partial charge is 0.408 e. The number of unbranched alkanes of at least 4 members (excludes halogenated alkanes) is 1. The number of methoxy groups -OCH3 is 1. The maximum Gasteiger partial charge on any atom is 0.408 e. The van der Waals surface area contributed by atoms with Gasteiger partial charge in [0.2, 0.25) is 21.8 Å². The molecule has 2 saturated carbocycles. The number of H-pyrrole nitrogens is 1. The van der Waals surface area contributed by atoms with Gasteiger partial charge >= 0.3 is 6.09 Å². The van der Waals surface area contributed by atoms with E-state index in [1.165, 1.54) is 11.0 Å². The number of amides is 4. The van der Waals surface area contributed by atoms with Crippen LogP contribution >= 0.6 is 0 Å². The Balaban J connectivity index is 1.03. The SMILES string of the molecule is C=C[C@H](C)C(NC(=O)[C@@H]1CCCN1C(=O)C(NC(=O)O[C@@H]1COC[C@H]1CCC/C=C/c1cc2ccc(OC)cc2[nH]c1=O)C1CCCC1)C(=O)NS(=O)(=O)C1CC1. The summed E-state index contributed by atoms with van der Waals surface area (Å²) in [5, 5.41) is 5.83. The number of aromatic amines is 1. The number of benzene rings is 1. The first-order chi connectivity index (χ1) is 27.4. The number of rotatable bonds is 17. The molecule has 310 valence electrons. The number of likely N-dealkylation sites (tertiary alicyclic amines) is 1. The summed E-state index contributed by atoms with van der Waals surface area (Å²) in [6, 6.07) is 4.33. The molecule has 6 rings (SSSR count). The third-order valence-corrected chi connectivity index (χ3v) is 13.5. The van der Waals surface area contributed by atoms with Crippen molar-refractivity contribution < 1.29 is 41.8 Å². The number of fused-ring (bicyclic) bond motifs is 1. The van der Waals surface area contributed by atoms with Gasteiger partial charge in [0.15, 0.2) is 0 Å². The van der Waals surface area contributed by atoms with Crippen LogP contribution in [0.5, 0.6) is 5.75 Å². The van der Waals surface area contributed by atoms with Crippen LogP contribution in [0.2, 0.25) is 0 Å². The molecular weight excluding hydrogens is 755 g/mol. The van der Waals surface area contributed by atoms with E-state index in [0.717, 1.165) is 43.9 Å². The number of nitrogens with one attached hydrogen (secondary N) is 4. The largest absolute Gasteiger partial charge is 0.497 e. The van der Waals surface area contributed by atoms with E-state index in [-0.39, 0.29) is 36.5 Å². The number of hydrogen-bond donors (Lipinski definition) is 4. The fourth-order valence-electron chi connectivity index (χ4n) is 8.07. The predicted octanol–water partition coefficient (Wildman–Crippen LogP) is 3.93. The lowest BCUT2D eigenvalue weighted by molar-refractivity contribution is -0.141. The maximum atomic E-state index is 14.2. The second-order valence-electron chi connectivity index (χ2n) is 15.7. The summed E-state index contributed by atoms with van der Waals surface area (Å²) in [6.07, 6.45) is 11.3. The summed E-state index contributed by atoms with van der Waals surface area (Å²) in [4.78, 5) is 71.5. The second-order valence-corrected chi connectivity index (χ2v) is 17.7. The Morgan fingerprint density at radius 3 is 2.54 bits per heavy atom. The summed E-state index contributed by atoms with van der Waals surface area (Å²) >= 11 is 0. The van der Waals surface area contributed by atoms with Crippen LogP contribution in [-0.4, -0.2) is 98.5 Å². The summed E-state index contributed by atoms with van der Waals surface area (Å²) in [7, 11) is -2.27. The number of nitrogens with zero attached hydrogens (tertiary/aromatic N) is 1. The van der Waals surface area contributed by atoms with Crippen LogP contribution in [0, 0.1) is 17.8 Å². The van der Waals surface area contributed by atoms with Gasteiger partial charge in [-0.05, 0) is 87.3 Å². The average molecular weight is 810 g/mol. The minimum Gasteiger partial charge on any atom is -0.497 e. The molecule has 57 heavy (non-hydrogen) atoms. The van der Waals surface area contributed by atoms with Crippen LogP contribution in [0.3, 0.4) is 0 Å². The van der Waals surface area contributed by atoms with Crippen molar-refractivity contribution in [2.24, 2.45) is 17.8 Å². The first-order valence-electron chi connectivity index (χ1n) is 20.1. The van der Waals surface area contributed by atoms with Gasteiger partial charge in [-0.3, -0.25) is 23.9 Å². The van der Waals surface area contributed by atoms with Gasteiger partial charge < -0.3 is 34.7 Å². The van der Waals surface area contributed by atoms with Crippen molar-refractivity contribution in [1.29, 1.82) is 0 Å². The Labute approximate surface area is 333 Å². The van der Waals surface area contributed by atoms with Crippen LogP contribution in [0.25, 0.3) is 17.0 Å². The predicted molar refractivity (Wildman–Crippen MR) is 214 cm³/mol. The zero-order valence-corrected chi connectivity index (χ0v) is 33.5. The molecule has 2 aliphatic heterocycles. The number of hydrogen-bond acceptors (Lipinski definition) is 10. The number of sulfonamides is 1. The number of carbonyl (C=O) groups is 4. The molecule has 1 aromatic carbocycles. The van der Waals surface area contributed by atoms with Gasteiger partial charge in [-0.25, -0.2) is 13.2 Å². The van der Waals surface area contributed by atoms with Crippen LogP contribution in [-0.2, 0) is 33.9 Å². The molecule has 4 N–H and O–H groups in total. The molecule has 4 aliphatic rings. The standard InChI is InChI=1S/C41H55N5O10S/c1-4-25(2)35(39(49)45-57(52,53)31-18-19-31)43-38(48)33-15-10-20-46(33)40(50)36(26-11-8-9-12-26)44-41(51)56-34-24-55-23-29(34)14-7-5-6-13-28-21-27-16-17-30(54-3)22-32(27)42-37(28)47/h4,6,13,16-17,21-22,25-26,29,31,33-36H,1,5,7-12,14-15,18-20,23-24H2,2-3H3,(H,42,47)(H,43,48)(H,44,51)(H,45,49)/b13-6+/t25-,29+,33-,34+,35?,36?/m0/s1. The van der Waals surface area contributed by atoms with Gasteiger partial charge in [-0.15, -0.1) is 6.58 Å². The molecule has 0 bridgehead atoms. The zero-order valence-electron chi connectivity index (χ0n) is 32.7. The normalized spacial score (nSPS) is 22.9. The number of aromatic nitrogens is 1. The summed E-state index contributed by atoms with van der Waals surface area (Å²) < 4.78 is 43.9. The van der Waals surface area contributed by atoms with Crippen molar-refractivity contribution in [3.8, 4) is 5.75 Å². The van der Waals surface area contributed by atoms with Gasteiger partial charge in [0.25, 0.3) is 11.5 Å². The molecule has 2 saturated heterocycles. The van der Waals surface area contributed by atoms with Crippen LogP contribution in [0.15, 0.2) is 47.8 Å². The van der Waals surface area contributed by atoms with Gasteiger partial charge in [0.05, 0.1) is 31.1 Å². The molecule has 0 radical (unpaired) electrons. The fourth-order valence-corrected chi connectivity index (χ4v) is 9.40. The topological polar surface area (TPSA) is 202 Å². The highest BCUT2D eigenvalue weighted by Gasteiger charge is 2.44. The fraction of sp³-hybridized carbons (Fsp3) is 0.585. The molecule has 4 fully saturated rings. The van der Waals surface area contributed by atoms with E-state index in [1.54, 1.807) is 20.1 Å². The highest BCUT2D eigenvalue weighted by Crippen LogP contribution is 2.32. The minimum absolute atomic E-state index is 0.0436. The van der Waals surface area contributed by atoms with E-state index < -0.39 is 63.3 Å². The van der Waals surface area contributed by atoms with E-state index >= 15 is 0 Å². The molecule has 3 heterocycles. The number of ether oxygens (including phenoxy) is 3. The van der Waals surface area contributed by atoms with Crippen LogP contribution in [0.1, 0.15) is 83.1 Å². The second kappa shape index (κ2) is 18.7.